The molecule has 4 nitrogen and oxygen atoms in total. The molecule has 2 rings (SSSR count). The van der Waals surface area contributed by atoms with Crippen LogP contribution in [0.4, 0.5) is 5.69 Å². The Bertz CT molecular complexity index is 608. The van der Waals surface area contributed by atoms with Crippen molar-refractivity contribution >= 4 is 5.69 Å². The molecule has 0 aliphatic rings. The maximum absolute atomic E-state index is 10.7. The third-order valence-corrected chi connectivity index (χ3v) is 3.60. The van der Waals surface area contributed by atoms with Gasteiger partial charge in [0.2, 0.25) is 0 Å². The molecule has 0 amide bonds. The highest BCUT2D eigenvalue weighted by molar-refractivity contribution is 5.35. The van der Waals surface area contributed by atoms with Crippen molar-refractivity contribution in [3.05, 3.63) is 75.3 Å². The topological polar surface area (TPSA) is 55.2 Å². The quantitative estimate of drug-likeness (QED) is 0.648. The molecule has 0 aromatic heterocycles. The second kappa shape index (κ2) is 6.99. The van der Waals surface area contributed by atoms with E-state index in [1.54, 1.807) is 12.1 Å². The van der Waals surface area contributed by atoms with Crippen molar-refractivity contribution in [1.29, 1.82) is 0 Å². The molecule has 0 saturated carbocycles. The predicted octanol–water partition coefficient (Wildman–Crippen LogP) is 3.80. The van der Waals surface area contributed by atoms with Gasteiger partial charge in [-0.2, -0.15) is 0 Å². The number of nitro benzene ring substituents is 1. The zero-order valence-electron chi connectivity index (χ0n) is 12.4. The fourth-order valence-electron chi connectivity index (χ4n) is 2.51. The highest BCUT2D eigenvalue weighted by Crippen LogP contribution is 2.22. The van der Waals surface area contributed by atoms with Gasteiger partial charge in [-0.25, -0.2) is 0 Å². The SMILES string of the molecule is CCNC(Cc1ccc([N+](=O)[O-])cc1)c1ccccc1C. The summed E-state index contributed by atoms with van der Waals surface area (Å²) in [5, 5.41) is 14.2. The van der Waals surface area contributed by atoms with Crippen LogP contribution in [0.2, 0.25) is 0 Å². The van der Waals surface area contributed by atoms with Gasteiger partial charge >= 0.3 is 0 Å². The van der Waals surface area contributed by atoms with Crippen molar-refractivity contribution in [3.8, 4) is 0 Å². The lowest BCUT2D eigenvalue weighted by Crippen LogP contribution is -2.23. The Morgan fingerprint density at radius 1 is 1.14 bits per heavy atom. The first kappa shape index (κ1) is 15.2. The first-order chi connectivity index (χ1) is 10.1. The van der Waals surface area contributed by atoms with Gasteiger partial charge in [-0.05, 0) is 36.6 Å². The smallest absolute Gasteiger partial charge is 0.269 e. The Labute approximate surface area is 125 Å². The molecule has 1 N–H and O–H groups in total. The van der Waals surface area contributed by atoms with Crippen LogP contribution in [0.15, 0.2) is 48.5 Å². The Balaban J connectivity index is 2.20. The number of nitrogens with one attached hydrogen (secondary N) is 1. The molecular formula is C17H20N2O2. The molecule has 0 saturated heterocycles. The van der Waals surface area contributed by atoms with Gasteiger partial charge in [0.25, 0.3) is 5.69 Å². The van der Waals surface area contributed by atoms with Crippen LogP contribution in [0.3, 0.4) is 0 Å². The van der Waals surface area contributed by atoms with E-state index in [0.717, 1.165) is 18.5 Å². The van der Waals surface area contributed by atoms with Crippen LogP contribution in [0.25, 0.3) is 0 Å². The van der Waals surface area contributed by atoms with E-state index in [1.807, 2.05) is 24.3 Å². The highest BCUT2D eigenvalue weighted by atomic mass is 16.6. The number of aryl methyl sites for hydroxylation is 1. The van der Waals surface area contributed by atoms with Crippen LogP contribution < -0.4 is 5.32 Å². The molecule has 0 bridgehead atoms. The zero-order chi connectivity index (χ0) is 15.2. The summed E-state index contributed by atoms with van der Waals surface area (Å²) in [6, 6.07) is 15.3. The van der Waals surface area contributed by atoms with Gasteiger partial charge < -0.3 is 5.32 Å². The summed E-state index contributed by atoms with van der Waals surface area (Å²) >= 11 is 0. The van der Waals surface area contributed by atoms with Crippen molar-refractivity contribution in [2.45, 2.75) is 26.3 Å². The van der Waals surface area contributed by atoms with Crippen LogP contribution in [0.1, 0.15) is 29.7 Å². The lowest BCUT2D eigenvalue weighted by molar-refractivity contribution is -0.384. The molecule has 0 radical (unpaired) electrons. The van der Waals surface area contributed by atoms with Gasteiger partial charge in [-0.1, -0.05) is 43.3 Å². The van der Waals surface area contributed by atoms with Gasteiger partial charge in [0.05, 0.1) is 4.92 Å². The molecule has 110 valence electrons. The number of hydrogen-bond donors (Lipinski definition) is 1. The van der Waals surface area contributed by atoms with Gasteiger partial charge in [0.1, 0.15) is 0 Å². The van der Waals surface area contributed by atoms with Crippen molar-refractivity contribution in [2.24, 2.45) is 0 Å². The minimum atomic E-state index is -0.368. The molecule has 2 aromatic carbocycles. The lowest BCUT2D eigenvalue weighted by atomic mass is 9.95. The second-order valence-corrected chi connectivity index (χ2v) is 5.09. The summed E-state index contributed by atoms with van der Waals surface area (Å²) < 4.78 is 0. The molecule has 21 heavy (non-hydrogen) atoms. The molecule has 1 atom stereocenters. The first-order valence-corrected chi connectivity index (χ1v) is 7.14. The van der Waals surface area contributed by atoms with Crippen LogP contribution in [0.5, 0.6) is 0 Å². The number of benzene rings is 2. The van der Waals surface area contributed by atoms with Crippen LogP contribution >= 0.6 is 0 Å². The fourth-order valence-corrected chi connectivity index (χ4v) is 2.51. The molecule has 0 fully saturated rings. The summed E-state index contributed by atoms with van der Waals surface area (Å²) in [5.74, 6) is 0. The summed E-state index contributed by atoms with van der Waals surface area (Å²) in [4.78, 5) is 10.3. The van der Waals surface area contributed by atoms with E-state index >= 15 is 0 Å². The number of hydrogen-bond acceptors (Lipinski definition) is 3. The lowest BCUT2D eigenvalue weighted by Gasteiger charge is -2.20. The predicted molar refractivity (Wildman–Crippen MR) is 84.4 cm³/mol. The van der Waals surface area contributed by atoms with Crippen molar-refractivity contribution < 1.29 is 4.92 Å². The molecule has 0 heterocycles. The van der Waals surface area contributed by atoms with E-state index in [9.17, 15) is 10.1 Å². The fraction of sp³-hybridized carbons (Fsp3) is 0.294. The van der Waals surface area contributed by atoms with Crippen molar-refractivity contribution in [2.75, 3.05) is 6.54 Å². The third kappa shape index (κ3) is 3.89. The maximum atomic E-state index is 10.7. The number of rotatable bonds is 6. The maximum Gasteiger partial charge on any atom is 0.269 e. The van der Waals surface area contributed by atoms with Gasteiger partial charge in [0.15, 0.2) is 0 Å². The van der Waals surface area contributed by atoms with Crippen LogP contribution in [-0.4, -0.2) is 11.5 Å². The number of nitro groups is 1. The molecule has 2 aromatic rings. The van der Waals surface area contributed by atoms with E-state index in [4.69, 9.17) is 0 Å². The highest BCUT2D eigenvalue weighted by Gasteiger charge is 2.14. The van der Waals surface area contributed by atoms with Crippen molar-refractivity contribution in [1.82, 2.24) is 5.32 Å². The van der Waals surface area contributed by atoms with Gasteiger partial charge in [0, 0.05) is 18.2 Å². The Kier molecular flexibility index (Phi) is 5.06. The van der Waals surface area contributed by atoms with Crippen LogP contribution in [-0.2, 0) is 6.42 Å². The normalized spacial score (nSPS) is 12.1. The largest absolute Gasteiger partial charge is 0.310 e. The van der Waals surface area contributed by atoms with E-state index in [1.165, 1.54) is 11.1 Å². The summed E-state index contributed by atoms with van der Waals surface area (Å²) in [6.07, 6.45) is 0.816. The van der Waals surface area contributed by atoms with Gasteiger partial charge in [-0.15, -0.1) is 0 Å². The summed E-state index contributed by atoms with van der Waals surface area (Å²) in [6.45, 7) is 5.07. The molecule has 0 aliphatic carbocycles. The van der Waals surface area contributed by atoms with Crippen LogP contribution in [0, 0.1) is 17.0 Å². The Morgan fingerprint density at radius 2 is 1.81 bits per heavy atom. The molecule has 4 heteroatoms. The average molecular weight is 284 g/mol. The Hall–Kier alpha value is -2.20. The first-order valence-electron chi connectivity index (χ1n) is 7.14. The average Bonchev–Trinajstić information content (AvgIpc) is 2.48. The van der Waals surface area contributed by atoms with E-state index < -0.39 is 0 Å². The minimum absolute atomic E-state index is 0.134. The van der Waals surface area contributed by atoms with E-state index in [0.29, 0.717) is 0 Å². The number of non-ortho nitro benzene ring substituents is 1. The van der Waals surface area contributed by atoms with E-state index in [-0.39, 0.29) is 16.7 Å². The molecule has 0 spiro atoms. The standard InChI is InChI=1S/C17H20N2O2/c1-3-18-17(16-7-5-4-6-13(16)2)12-14-8-10-15(11-9-14)19(20)21/h4-11,17-18H,3,12H2,1-2H3. The second-order valence-electron chi connectivity index (χ2n) is 5.09. The summed E-state index contributed by atoms with van der Waals surface area (Å²) in [7, 11) is 0. The molecule has 0 aliphatic heterocycles. The summed E-state index contributed by atoms with van der Waals surface area (Å²) in [5.41, 5.74) is 3.76. The number of likely N-dealkylation sites (N-methyl/N-ethyl adjacent to an activating group) is 1. The third-order valence-electron chi connectivity index (χ3n) is 3.60. The minimum Gasteiger partial charge on any atom is -0.310 e. The molecular weight excluding hydrogens is 264 g/mol. The van der Waals surface area contributed by atoms with Gasteiger partial charge in [-0.3, -0.25) is 10.1 Å². The number of nitrogens with zero attached hydrogens (tertiary/aromatic N) is 1. The zero-order valence-corrected chi connectivity index (χ0v) is 12.4. The molecule has 1 unspecified atom stereocenters. The monoisotopic (exact) mass is 284 g/mol. The Morgan fingerprint density at radius 3 is 2.38 bits per heavy atom. The van der Waals surface area contributed by atoms with Crippen molar-refractivity contribution in [3.63, 3.8) is 0 Å². The van der Waals surface area contributed by atoms with E-state index in [2.05, 4.69) is 31.3 Å².